The summed E-state index contributed by atoms with van der Waals surface area (Å²) in [4.78, 5) is 31.3. The number of fused-ring (bicyclic) bond motifs is 1. The van der Waals surface area contributed by atoms with Gasteiger partial charge in [0.1, 0.15) is 18.1 Å². The predicted octanol–water partition coefficient (Wildman–Crippen LogP) is 3.52. The number of esters is 1. The van der Waals surface area contributed by atoms with E-state index < -0.39 is 12.0 Å². The highest BCUT2D eigenvalue weighted by Crippen LogP contribution is 2.31. The van der Waals surface area contributed by atoms with Crippen LogP contribution in [0.25, 0.3) is 6.08 Å². The number of carbonyl (C=O) groups is 1. The largest absolute Gasteiger partial charge is 0.462 e. The molecule has 158 valence electrons. The molecule has 0 radical (unpaired) electrons. The fourth-order valence-electron chi connectivity index (χ4n) is 3.42. The maximum atomic E-state index is 13.4. The number of aromatic nitrogens is 1. The molecule has 6 nitrogen and oxygen atoms in total. The molecule has 3 heterocycles. The number of carbonyl (C=O) groups excluding carboxylic acids is 1. The van der Waals surface area contributed by atoms with E-state index in [1.807, 2.05) is 13.0 Å². The Morgan fingerprint density at radius 3 is 2.68 bits per heavy atom. The minimum Gasteiger partial charge on any atom is -0.462 e. The summed E-state index contributed by atoms with van der Waals surface area (Å²) in [5.74, 6) is 0.783. The number of aryl methyl sites for hydroxylation is 1. The van der Waals surface area contributed by atoms with Crippen LogP contribution >= 0.6 is 22.9 Å². The van der Waals surface area contributed by atoms with E-state index in [9.17, 15) is 9.59 Å². The van der Waals surface area contributed by atoms with Crippen molar-refractivity contribution in [2.24, 2.45) is 4.99 Å². The molecule has 4 rings (SSSR count). The van der Waals surface area contributed by atoms with Gasteiger partial charge in [0.2, 0.25) is 0 Å². The Labute approximate surface area is 187 Å². The zero-order chi connectivity index (χ0) is 22.1. The third-order valence-electron chi connectivity index (χ3n) is 4.79. The SMILES string of the molecule is C=CCOC(=O)C1=C(C)N=c2s/c(=C\c3ccc(C)o3)c(=O)n2C1c1ccc(Cl)cc1. The van der Waals surface area contributed by atoms with Crippen LogP contribution in [0, 0.1) is 6.92 Å². The molecule has 0 fully saturated rings. The van der Waals surface area contributed by atoms with Crippen molar-refractivity contribution in [2.45, 2.75) is 19.9 Å². The second kappa shape index (κ2) is 8.53. The van der Waals surface area contributed by atoms with E-state index >= 15 is 0 Å². The molecule has 0 spiro atoms. The highest BCUT2D eigenvalue weighted by molar-refractivity contribution is 7.07. The molecule has 3 aromatic rings. The summed E-state index contributed by atoms with van der Waals surface area (Å²) in [6, 6.07) is 9.97. The molecule has 8 heteroatoms. The number of ether oxygens (including phenoxy) is 1. The summed E-state index contributed by atoms with van der Waals surface area (Å²) in [5, 5.41) is 0.556. The zero-order valence-electron chi connectivity index (χ0n) is 16.9. The Bertz CT molecular complexity index is 1380. The topological polar surface area (TPSA) is 73.8 Å². The highest BCUT2D eigenvalue weighted by Gasteiger charge is 2.33. The van der Waals surface area contributed by atoms with E-state index in [0.29, 0.717) is 31.4 Å². The molecule has 0 bridgehead atoms. The molecule has 0 N–H and O–H groups in total. The number of benzene rings is 1. The molecule has 31 heavy (non-hydrogen) atoms. The van der Waals surface area contributed by atoms with E-state index in [0.717, 1.165) is 11.3 Å². The van der Waals surface area contributed by atoms with Gasteiger partial charge in [0, 0.05) is 11.1 Å². The number of thiazole rings is 1. The standard InChI is InChI=1S/C23H19ClN2O4S/c1-4-11-29-22(28)19-14(3)25-23-26(20(19)15-6-8-16(24)9-7-15)21(27)18(31-23)12-17-10-5-13(2)30-17/h4-10,12,20H,1,11H2,2-3H3/b18-12-. The summed E-state index contributed by atoms with van der Waals surface area (Å²) in [5.41, 5.74) is 1.26. The maximum absolute atomic E-state index is 13.4. The highest BCUT2D eigenvalue weighted by atomic mass is 35.5. The van der Waals surface area contributed by atoms with Crippen LogP contribution in [0.15, 0.2) is 74.5 Å². The number of furan rings is 1. The summed E-state index contributed by atoms with van der Waals surface area (Å²) >= 11 is 7.30. The molecular formula is C23H19ClN2O4S. The molecule has 1 aromatic carbocycles. The summed E-state index contributed by atoms with van der Waals surface area (Å²) in [6.45, 7) is 7.22. The van der Waals surface area contributed by atoms with Crippen LogP contribution in [-0.4, -0.2) is 17.1 Å². The van der Waals surface area contributed by atoms with Crippen molar-refractivity contribution in [3.05, 3.63) is 102 Å². The van der Waals surface area contributed by atoms with Gasteiger partial charge in [-0.05, 0) is 43.7 Å². The number of nitrogens with zero attached hydrogens (tertiary/aromatic N) is 2. The van der Waals surface area contributed by atoms with E-state index in [1.165, 1.54) is 22.0 Å². The van der Waals surface area contributed by atoms with Crippen molar-refractivity contribution in [1.29, 1.82) is 0 Å². The normalized spacial score (nSPS) is 16.1. The molecule has 2 aromatic heterocycles. The number of rotatable bonds is 5. The van der Waals surface area contributed by atoms with Crippen molar-refractivity contribution in [3.8, 4) is 0 Å². The van der Waals surface area contributed by atoms with E-state index in [4.69, 9.17) is 20.8 Å². The van der Waals surface area contributed by atoms with Gasteiger partial charge < -0.3 is 9.15 Å². The lowest BCUT2D eigenvalue weighted by atomic mass is 9.96. The van der Waals surface area contributed by atoms with Gasteiger partial charge in [0.25, 0.3) is 5.56 Å². The Kier molecular flexibility index (Phi) is 5.80. The first-order valence-corrected chi connectivity index (χ1v) is 10.7. The lowest BCUT2D eigenvalue weighted by Crippen LogP contribution is -2.39. The first-order chi connectivity index (χ1) is 14.9. The van der Waals surface area contributed by atoms with Gasteiger partial charge in [-0.3, -0.25) is 9.36 Å². The summed E-state index contributed by atoms with van der Waals surface area (Å²) in [7, 11) is 0. The minimum absolute atomic E-state index is 0.0607. The van der Waals surface area contributed by atoms with Crippen molar-refractivity contribution in [1.82, 2.24) is 4.57 Å². The van der Waals surface area contributed by atoms with Crippen LogP contribution in [0.1, 0.15) is 30.0 Å². The van der Waals surface area contributed by atoms with E-state index in [-0.39, 0.29) is 12.2 Å². The molecule has 1 atom stereocenters. The van der Waals surface area contributed by atoms with Crippen molar-refractivity contribution in [3.63, 3.8) is 0 Å². The van der Waals surface area contributed by atoms with Crippen molar-refractivity contribution in [2.75, 3.05) is 6.61 Å². The van der Waals surface area contributed by atoms with Gasteiger partial charge in [-0.15, -0.1) is 0 Å². The lowest BCUT2D eigenvalue weighted by Gasteiger charge is -2.24. The van der Waals surface area contributed by atoms with Crippen LogP contribution in [0.5, 0.6) is 0 Å². The van der Waals surface area contributed by atoms with Crippen LogP contribution in [0.3, 0.4) is 0 Å². The van der Waals surface area contributed by atoms with Gasteiger partial charge >= 0.3 is 5.97 Å². The Morgan fingerprint density at radius 2 is 2.03 bits per heavy atom. The Morgan fingerprint density at radius 1 is 1.29 bits per heavy atom. The fourth-order valence-corrected chi connectivity index (χ4v) is 4.57. The van der Waals surface area contributed by atoms with Gasteiger partial charge in [0.15, 0.2) is 4.80 Å². The van der Waals surface area contributed by atoms with Gasteiger partial charge in [-0.25, -0.2) is 9.79 Å². The Balaban J connectivity index is 1.93. The van der Waals surface area contributed by atoms with Gasteiger partial charge in [0.05, 0.1) is 21.8 Å². The van der Waals surface area contributed by atoms with Crippen LogP contribution in [-0.2, 0) is 9.53 Å². The van der Waals surface area contributed by atoms with Gasteiger partial charge in [-0.2, -0.15) is 0 Å². The minimum atomic E-state index is -0.689. The number of halogens is 1. The average Bonchev–Trinajstić information content (AvgIpc) is 3.28. The third kappa shape index (κ3) is 4.06. The smallest absolute Gasteiger partial charge is 0.338 e. The van der Waals surface area contributed by atoms with Crippen molar-refractivity contribution >= 4 is 35.0 Å². The molecule has 0 saturated heterocycles. The van der Waals surface area contributed by atoms with E-state index in [1.54, 1.807) is 43.3 Å². The van der Waals surface area contributed by atoms with E-state index in [2.05, 4.69) is 11.6 Å². The van der Waals surface area contributed by atoms with Crippen molar-refractivity contribution < 1.29 is 13.9 Å². The molecule has 1 unspecified atom stereocenters. The first-order valence-electron chi connectivity index (χ1n) is 9.51. The third-order valence-corrected chi connectivity index (χ3v) is 6.03. The average molecular weight is 455 g/mol. The second-order valence-corrected chi connectivity index (χ2v) is 8.41. The van der Waals surface area contributed by atoms with Crippen LogP contribution in [0.4, 0.5) is 0 Å². The zero-order valence-corrected chi connectivity index (χ0v) is 18.5. The summed E-state index contributed by atoms with van der Waals surface area (Å²) in [6.07, 6.45) is 3.18. The molecular weight excluding hydrogens is 436 g/mol. The van der Waals surface area contributed by atoms with Crippen LogP contribution < -0.4 is 14.9 Å². The monoisotopic (exact) mass is 454 g/mol. The molecule has 0 saturated carbocycles. The predicted molar refractivity (Wildman–Crippen MR) is 120 cm³/mol. The van der Waals surface area contributed by atoms with Gasteiger partial charge in [-0.1, -0.05) is 47.7 Å². The first kappa shape index (κ1) is 21.1. The van der Waals surface area contributed by atoms with Crippen LogP contribution in [0.2, 0.25) is 5.02 Å². The molecule has 1 aliphatic heterocycles. The maximum Gasteiger partial charge on any atom is 0.338 e. The number of hydrogen-bond donors (Lipinski definition) is 0. The second-order valence-electron chi connectivity index (χ2n) is 6.97. The lowest BCUT2D eigenvalue weighted by molar-refractivity contribution is -0.138. The Hall–Kier alpha value is -3.16. The quantitative estimate of drug-likeness (QED) is 0.436. The molecule has 1 aliphatic rings. The molecule has 0 aliphatic carbocycles. The summed E-state index contributed by atoms with van der Waals surface area (Å²) < 4.78 is 12.9. The number of allylic oxidation sites excluding steroid dienone is 1. The molecule has 0 amide bonds. The fraction of sp³-hybridized carbons (Fsp3) is 0.174. The number of hydrogen-bond acceptors (Lipinski definition) is 6.